The molecule has 1 unspecified atom stereocenters. The van der Waals surface area contributed by atoms with Crippen LogP contribution in [-0.2, 0) is 11.3 Å². The van der Waals surface area contributed by atoms with E-state index in [4.69, 9.17) is 0 Å². The number of amides is 1. The molecule has 1 amide bonds. The molecule has 1 aliphatic rings. The second-order valence-electron chi connectivity index (χ2n) is 8.89. The number of piperazine rings is 1. The third-order valence-corrected chi connectivity index (χ3v) is 5.91. The van der Waals surface area contributed by atoms with Crippen molar-refractivity contribution in [3.8, 4) is 0 Å². The summed E-state index contributed by atoms with van der Waals surface area (Å²) in [6.07, 6.45) is 3.63. The van der Waals surface area contributed by atoms with E-state index < -0.39 is 0 Å². The number of hydrogen-bond donors (Lipinski definition) is 0. The number of imidazole rings is 1. The Morgan fingerprint density at radius 2 is 1.61 bits per heavy atom. The fourth-order valence-electron chi connectivity index (χ4n) is 4.20. The van der Waals surface area contributed by atoms with E-state index in [1.165, 1.54) is 4.57 Å². The topological polar surface area (TPSA) is 85.4 Å². The van der Waals surface area contributed by atoms with Gasteiger partial charge in [-0.05, 0) is 34.6 Å². The van der Waals surface area contributed by atoms with Gasteiger partial charge in [-0.15, -0.1) is 0 Å². The van der Waals surface area contributed by atoms with Gasteiger partial charge in [0.05, 0.1) is 5.92 Å². The average Bonchev–Trinajstić information content (AvgIpc) is 3.10. The molecule has 31 heavy (non-hydrogen) atoms. The van der Waals surface area contributed by atoms with Crippen molar-refractivity contribution in [3.05, 3.63) is 45.1 Å². The van der Waals surface area contributed by atoms with Crippen LogP contribution in [0.5, 0.6) is 0 Å². The number of carbonyl (C=O) groups excluding carboxylic acids is 1. The maximum atomic E-state index is 13.0. The van der Waals surface area contributed by atoms with E-state index in [1.807, 2.05) is 62.1 Å². The normalized spacial score (nSPS) is 15.7. The van der Waals surface area contributed by atoms with Gasteiger partial charge >= 0.3 is 5.69 Å². The number of hydrogen-bond acceptors (Lipinski definition) is 5. The summed E-state index contributed by atoms with van der Waals surface area (Å²) >= 11 is 0. The van der Waals surface area contributed by atoms with Crippen molar-refractivity contribution >= 4 is 11.7 Å². The zero-order valence-electron chi connectivity index (χ0n) is 19.4. The SMILES string of the molecule is Cc1nccn1CC(C)C(=O)N1CCN(c2cc(=O)n(C(C)C)c(=O)n2C(C)C)CC1. The Morgan fingerprint density at radius 1 is 1.00 bits per heavy atom. The number of nitrogens with zero attached hydrogens (tertiary/aromatic N) is 6. The minimum Gasteiger partial charge on any atom is -0.354 e. The minimum absolute atomic E-state index is 0.0776. The summed E-state index contributed by atoms with van der Waals surface area (Å²) in [5.74, 6) is 1.50. The molecule has 0 aromatic carbocycles. The molecule has 170 valence electrons. The minimum atomic E-state index is -0.283. The van der Waals surface area contributed by atoms with Gasteiger partial charge in [0.15, 0.2) is 0 Å². The first kappa shape index (κ1) is 22.8. The first-order valence-corrected chi connectivity index (χ1v) is 11.0. The van der Waals surface area contributed by atoms with Crippen molar-refractivity contribution in [1.29, 1.82) is 0 Å². The van der Waals surface area contributed by atoms with Gasteiger partial charge in [-0.1, -0.05) is 6.92 Å². The van der Waals surface area contributed by atoms with Crippen molar-refractivity contribution in [2.75, 3.05) is 31.1 Å². The second kappa shape index (κ2) is 9.11. The van der Waals surface area contributed by atoms with E-state index in [-0.39, 0.29) is 35.2 Å². The summed E-state index contributed by atoms with van der Waals surface area (Å²) in [6, 6.07) is 1.28. The van der Waals surface area contributed by atoms with Crippen LogP contribution in [0.25, 0.3) is 0 Å². The maximum Gasteiger partial charge on any atom is 0.333 e. The van der Waals surface area contributed by atoms with Gasteiger partial charge < -0.3 is 14.4 Å². The molecule has 0 aliphatic carbocycles. The summed E-state index contributed by atoms with van der Waals surface area (Å²) in [5.41, 5.74) is -0.565. The zero-order valence-corrected chi connectivity index (χ0v) is 19.4. The highest BCUT2D eigenvalue weighted by atomic mass is 16.2. The molecule has 0 spiro atoms. The zero-order chi connectivity index (χ0) is 22.9. The van der Waals surface area contributed by atoms with Crippen molar-refractivity contribution < 1.29 is 4.79 Å². The quantitative estimate of drug-likeness (QED) is 0.696. The predicted molar refractivity (Wildman–Crippen MR) is 121 cm³/mol. The molecular weight excluding hydrogens is 396 g/mol. The molecule has 0 bridgehead atoms. The van der Waals surface area contributed by atoms with Crippen LogP contribution in [0.2, 0.25) is 0 Å². The molecule has 2 aromatic heterocycles. The summed E-state index contributed by atoms with van der Waals surface area (Å²) < 4.78 is 4.97. The Kier molecular flexibility index (Phi) is 6.71. The van der Waals surface area contributed by atoms with Crippen LogP contribution >= 0.6 is 0 Å². The Balaban J connectivity index is 1.75. The van der Waals surface area contributed by atoms with Crippen LogP contribution in [0.15, 0.2) is 28.0 Å². The molecule has 0 saturated carbocycles. The summed E-state index contributed by atoms with van der Waals surface area (Å²) in [7, 11) is 0. The van der Waals surface area contributed by atoms with Crippen LogP contribution in [0.4, 0.5) is 5.82 Å². The van der Waals surface area contributed by atoms with Crippen LogP contribution in [0.3, 0.4) is 0 Å². The lowest BCUT2D eigenvalue weighted by Gasteiger charge is -2.38. The van der Waals surface area contributed by atoms with Crippen molar-refractivity contribution in [1.82, 2.24) is 23.6 Å². The first-order valence-electron chi connectivity index (χ1n) is 11.0. The van der Waals surface area contributed by atoms with E-state index in [9.17, 15) is 14.4 Å². The van der Waals surface area contributed by atoms with Gasteiger partial charge in [-0.25, -0.2) is 9.78 Å². The van der Waals surface area contributed by atoms with Crippen LogP contribution in [0.1, 0.15) is 52.5 Å². The smallest absolute Gasteiger partial charge is 0.333 e. The van der Waals surface area contributed by atoms with Gasteiger partial charge in [0.2, 0.25) is 5.91 Å². The Hall–Kier alpha value is -2.84. The van der Waals surface area contributed by atoms with Gasteiger partial charge in [0, 0.05) is 63.3 Å². The van der Waals surface area contributed by atoms with Crippen molar-refractivity contribution in [2.45, 2.75) is 60.2 Å². The van der Waals surface area contributed by atoms with E-state index >= 15 is 0 Å². The molecule has 2 aromatic rings. The Morgan fingerprint density at radius 3 is 2.13 bits per heavy atom. The van der Waals surface area contributed by atoms with Crippen LogP contribution in [0, 0.1) is 12.8 Å². The Labute approximate surface area is 182 Å². The third kappa shape index (κ3) is 4.60. The molecule has 0 radical (unpaired) electrons. The van der Waals surface area contributed by atoms with Crippen LogP contribution < -0.4 is 16.1 Å². The third-order valence-electron chi connectivity index (χ3n) is 5.91. The van der Waals surface area contributed by atoms with E-state index in [0.717, 1.165) is 5.82 Å². The highest BCUT2D eigenvalue weighted by Gasteiger charge is 2.28. The molecular formula is C22H34N6O3. The number of anilines is 1. The summed E-state index contributed by atoms with van der Waals surface area (Å²) in [4.78, 5) is 46.7. The lowest BCUT2D eigenvalue weighted by atomic mass is 10.1. The molecule has 0 N–H and O–H groups in total. The standard InChI is InChI=1S/C22H34N6O3/c1-15(2)27-19(13-20(29)28(16(3)4)22(27)31)24-9-11-25(12-10-24)21(30)17(5)14-26-8-7-23-18(26)6/h7-8,13,15-17H,9-12,14H2,1-6H3. The highest BCUT2D eigenvalue weighted by molar-refractivity contribution is 5.78. The molecule has 9 nitrogen and oxygen atoms in total. The van der Waals surface area contributed by atoms with Crippen LogP contribution in [-0.4, -0.2) is 55.7 Å². The number of aromatic nitrogens is 4. The fourth-order valence-corrected chi connectivity index (χ4v) is 4.20. The van der Waals surface area contributed by atoms with Gasteiger partial charge in [-0.2, -0.15) is 0 Å². The van der Waals surface area contributed by atoms with E-state index in [2.05, 4.69) is 4.98 Å². The summed E-state index contributed by atoms with van der Waals surface area (Å²) in [5, 5.41) is 0. The molecule has 3 rings (SSSR count). The van der Waals surface area contributed by atoms with Gasteiger partial charge in [0.25, 0.3) is 5.56 Å². The molecule has 1 saturated heterocycles. The molecule has 1 atom stereocenters. The first-order chi connectivity index (χ1) is 14.6. The fraction of sp³-hybridized carbons (Fsp3) is 0.636. The summed E-state index contributed by atoms with van der Waals surface area (Å²) in [6.45, 7) is 14.3. The number of carbonyl (C=O) groups is 1. The average molecular weight is 431 g/mol. The predicted octanol–water partition coefficient (Wildman–Crippen LogP) is 1.66. The van der Waals surface area contributed by atoms with E-state index in [0.29, 0.717) is 38.5 Å². The molecule has 1 fully saturated rings. The van der Waals surface area contributed by atoms with E-state index in [1.54, 1.807) is 16.8 Å². The lowest BCUT2D eigenvalue weighted by molar-refractivity contribution is -0.135. The number of rotatable bonds is 6. The highest BCUT2D eigenvalue weighted by Crippen LogP contribution is 2.19. The molecule has 1 aliphatic heterocycles. The molecule has 9 heteroatoms. The van der Waals surface area contributed by atoms with Crippen molar-refractivity contribution in [3.63, 3.8) is 0 Å². The molecule has 3 heterocycles. The van der Waals surface area contributed by atoms with Crippen molar-refractivity contribution in [2.24, 2.45) is 5.92 Å². The maximum absolute atomic E-state index is 13.0. The van der Waals surface area contributed by atoms with Gasteiger partial charge in [-0.3, -0.25) is 18.7 Å². The Bertz CT molecular complexity index is 1040. The monoisotopic (exact) mass is 430 g/mol. The number of aryl methyl sites for hydroxylation is 1. The largest absolute Gasteiger partial charge is 0.354 e. The second-order valence-corrected chi connectivity index (χ2v) is 8.89. The lowest BCUT2D eigenvalue weighted by Crippen LogP contribution is -2.52. The van der Waals surface area contributed by atoms with Gasteiger partial charge in [0.1, 0.15) is 11.6 Å².